The standard InChI is InChI=1S/C10H9FOS/c11-10-6-8(2-1-5-13)3-4-9(10)7-12/h3-4,6,12-13H,5,7H2. The average Bonchev–Trinajstić information content (AvgIpc) is 2.15. The molecule has 0 unspecified atom stereocenters. The van der Waals surface area contributed by atoms with Gasteiger partial charge in [-0.1, -0.05) is 17.9 Å². The molecule has 1 rings (SSSR count). The smallest absolute Gasteiger partial charge is 0.129 e. The topological polar surface area (TPSA) is 20.2 Å². The molecule has 0 aliphatic heterocycles. The summed E-state index contributed by atoms with van der Waals surface area (Å²) in [4.78, 5) is 0. The third-order valence-corrected chi connectivity index (χ3v) is 1.69. The van der Waals surface area contributed by atoms with Crippen molar-refractivity contribution >= 4 is 12.6 Å². The van der Waals surface area contributed by atoms with Gasteiger partial charge in [-0.2, -0.15) is 12.6 Å². The van der Waals surface area contributed by atoms with Gasteiger partial charge in [-0.05, 0) is 12.1 Å². The van der Waals surface area contributed by atoms with Gasteiger partial charge in [0.15, 0.2) is 0 Å². The van der Waals surface area contributed by atoms with E-state index in [-0.39, 0.29) is 12.2 Å². The first-order valence-corrected chi connectivity index (χ1v) is 4.40. The van der Waals surface area contributed by atoms with Gasteiger partial charge < -0.3 is 5.11 Å². The summed E-state index contributed by atoms with van der Waals surface area (Å²) in [6.45, 7) is -0.286. The minimum Gasteiger partial charge on any atom is -0.392 e. The Morgan fingerprint density at radius 2 is 2.23 bits per heavy atom. The number of halogens is 1. The number of hydrogen-bond donors (Lipinski definition) is 2. The van der Waals surface area contributed by atoms with Gasteiger partial charge in [-0.15, -0.1) is 0 Å². The Bertz CT molecular complexity index is 352. The van der Waals surface area contributed by atoms with Crippen LogP contribution in [0.25, 0.3) is 0 Å². The van der Waals surface area contributed by atoms with Gasteiger partial charge in [0, 0.05) is 11.1 Å². The number of aliphatic hydroxyl groups excluding tert-OH is 1. The third-order valence-electron chi connectivity index (χ3n) is 1.54. The molecule has 0 aromatic heterocycles. The first-order valence-electron chi connectivity index (χ1n) is 3.77. The average molecular weight is 196 g/mol. The molecule has 0 fully saturated rings. The predicted octanol–water partition coefficient (Wildman–Crippen LogP) is 1.60. The fourth-order valence-corrected chi connectivity index (χ4v) is 0.974. The van der Waals surface area contributed by atoms with Crippen molar-refractivity contribution in [3.63, 3.8) is 0 Å². The van der Waals surface area contributed by atoms with E-state index in [1.807, 2.05) is 0 Å². The monoisotopic (exact) mass is 196 g/mol. The van der Waals surface area contributed by atoms with Crippen LogP contribution in [0.3, 0.4) is 0 Å². The molecule has 1 nitrogen and oxygen atoms in total. The number of hydrogen-bond acceptors (Lipinski definition) is 2. The lowest BCUT2D eigenvalue weighted by molar-refractivity contribution is 0.275. The minimum absolute atomic E-state index is 0.286. The molecule has 1 aromatic rings. The summed E-state index contributed by atoms with van der Waals surface area (Å²) in [5.41, 5.74) is 0.889. The van der Waals surface area contributed by atoms with E-state index in [4.69, 9.17) is 5.11 Å². The lowest BCUT2D eigenvalue weighted by Gasteiger charge is -1.98. The number of rotatable bonds is 1. The highest BCUT2D eigenvalue weighted by Gasteiger charge is 1.99. The van der Waals surface area contributed by atoms with Crippen molar-refractivity contribution in [3.05, 3.63) is 35.1 Å². The number of aliphatic hydroxyl groups is 1. The molecule has 1 aromatic carbocycles. The zero-order valence-electron chi connectivity index (χ0n) is 6.92. The molecule has 0 heterocycles. The van der Waals surface area contributed by atoms with Crippen molar-refractivity contribution in [2.24, 2.45) is 0 Å². The van der Waals surface area contributed by atoms with Crippen LogP contribution in [0, 0.1) is 17.7 Å². The van der Waals surface area contributed by atoms with Gasteiger partial charge in [-0.3, -0.25) is 0 Å². The number of thiol groups is 1. The Hall–Kier alpha value is -0.980. The van der Waals surface area contributed by atoms with Crippen LogP contribution >= 0.6 is 12.6 Å². The first kappa shape index (κ1) is 10.1. The van der Waals surface area contributed by atoms with Crippen LogP contribution in [0.4, 0.5) is 4.39 Å². The Kier molecular flexibility index (Phi) is 3.81. The second kappa shape index (κ2) is 4.90. The summed E-state index contributed by atoms with van der Waals surface area (Å²) >= 11 is 3.91. The maximum absolute atomic E-state index is 13.0. The maximum Gasteiger partial charge on any atom is 0.129 e. The highest BCUT2D eigenvalue weighted by Crippen LogP contribution is 2.09. The van der Waals surface area contributed by atoms with Crippen LogP contribution in [0.15, 0.2) is 18.2 Å². The predicted molar refractivity (Wildman–Crippen MR) is 53.1 cm³/mol. The van der Waals surface area contributed by atoms with Gasteiger partial charge in [-0.25, -0.2) is 4.39 Å². The van der Waals surface area contributed by atoms with Crippen LogP contribution in [0.2, 0.25) is 0 Å². The fraction of sp³-hybridized carbons (Fsp3) is 0.200. The summed E-state index contributed by atoms with van der Waals surface area (Å²) in [6, 6.07) is 4.50. The van der Waals surface area contributed by atoms with E-state index in [0.29, 0.717) is 11.3 Å². The molecule has 68 valence electrons. The van der Waals surface area contributed by atoms with Crippen molar-refractivity contribution in [2.75, 3.05) is 5.75 Å². The molecule has 0 saturated carbocycles. The summed E-state index contributed by atoms with van der Waals surface area (Å²) in [7, 11) is 0. The largest absolute Gasteiger partial charge is 0.392 e. The van der Waals surface area contributed by atoms with Crippen molar-refractivity contribution in [2.45, 2.75) is 6.61 Å². The molecular weight excluding hydrogens is 187 g/mol. The molecule has 3 heteroatoms. The van der Waals surface area contributed by atoms with Crippen LogP contribution in [-0.4, -0.2) is 10.9 Å². The van der Waals surface area contributed by atoms with Crippen molar-refractivity contribution in [3.8, 4) is 11.8 Å². The Morgan fingerprint density at radius 3 is 2.77 bits per heavy atom. The molecule has 0 atom stereocenters. The van der Waals surface area contributed by atoms with E-state index < -0.39 is 5.82 Å². The van der Waals surface area contributed by atoms with Crippen LogP contribution in [-0.2, 0) is 6.61 Å². The zero-order chi connectivity index (χ0) is 9.68. The molecule has 13 heavy (non-hydrogen) atoms. The lowest BCUT2D eigenvalue weighted by Crippen LogP contribution is -1.90. The highest BCUT2D eigenvalue weighted by atomic mass is 32.1. The number of benzene rings is 1. The molecule has 1 N–H and O–H groups in total. The van der Waals surface area contributed by atoms with Crippen molar-refractivity contribution in [1.82, 2.24) is 0 Å². The van der Waals surface area contributed by atoms with Crippen LogP contribution < -0.4 is 0 Å². The van der Waals surface area contributed by atoms with E-state index in [9.17, 15) is 4.39 Å². The van der Waals surface area contributed by atoms with Gasteiger partial charge in [0.2, 0.25) is 0 Å². The fourth-order valence-electron chi connectivity index (χ4n) is 0.895. The first-order chi connectivity index (χ1) is 6.27. The van der Waals surface area contributed by atoms with Gasteiger partial charge >= 0.3 is 0 Å². The van der Waals surface area contributed by atoms with Gasteiger partial charge in [0.25, 0.3) is 0 Å². The van der Waals surface area contributed by atoms with Crippen LogP contribution in [0.1, 0.15) is 11.1 Å². The summed E-state index contributed by atoms with van der Waals surface area (Å²) in [5.74, 6) is 5.48. The van der Waals surface area contributed by atoms with Crippen LogP contribution in [0.5, 0.6) is 0 Å². The molecule has 0 radical (unpaired) electrons. The molecule has 0 bridgehead atoms. The quantitative estimate of drug-likeness (QED) is 0.516. The van der Waals surface area contributed by atoms with E-state index in [0.717, 1.165) is 0 Å². The molecule has 0 amide bonds. The van der Waals surface area contributed by atoms with Gasteiger partial charge in [0.1, 0.15) is 5.82 Å². The second-order valence-corrected chi connectivity index (χ2v) is 2.74. The van der Waals surface area contributed by atoms with E-state index in [1.165, 1.54) is 12.1 Å². The Labute approximate surface area is 82.0 Å². The molecule has 0 saturated heterocycles. The Morgan fingerprint density at radius 1 is 1.46 bits per heavy atom. The minimum atomic E-state index is -0.423. The molecular formula is C10H9FOS. The van der Waals surface area contributed by atoms with Gasteiger partial charge in [0.05, 0.1) is 12.4 Å². The maximum atomic E-state index is 13.0. The van der Waals surface area contributed by atoms with Crippen molar-refractivity contribution < 1.29 is 9.50 Å². The SMILES string of the molecule is OCc1ccc(C#CCS)cc1F. The highest BCUT2D eigenvalue weighted by molar-refractivity contribution is 7.80. The molecule has 0 spiro atoms. The molecule has 0 aliphatic rings. The Balaban J connectivity index is 2.96. The van der Waals surface area contributed by atoms with Crippen molar-refractivity contribution in [1.29, 1.82) is 0 Å². The van der Waals surface area contributed by atoms with E-state index in [2.05, 4.69) is 24.5 Å². The van der Waals surface area contributed by atoms with E-state index in [1.54, 1.807) is 6.07 Å². The summed E-state index contributed by atoms with van der Waals surface area (Å²) in [6.07, 6.45) is 0. The zero-order valence-corrected chi connectivity index (χ0v) is 7.81. The molecule has 0 aliphatic carbocycles. The summed E-state index contributed by atoms with van der Waals surface area (Å²) in [5, 5.41) is 8.70. The van der Waals surface area contributed by atoms with E-state index >= 15 is 0 Å². The second-order valence-electron chi connectivity index (χ2n) is 2.42. The third kappa shape index (κ3) is 2.76. The normalized spacial score (nSPS) is 9.15. The summed E-state index contributed by atoms with van der Waals surface area (Å²) < 4.78 is 13.0. The lowest BCUT2D eigenvalue weighted by atomic mass is 10.1.